The molecule has 0 bridgehead atoms. The van der Waals surface area contributed by atoms with Crippen LogP contribution in [0.15, 0.2) is 22.0 Å². The van der Waals surface area contributed by atoms with Crippen LogP contribution >= 0.6 is 0 Å². The third-order valence-electron chi connectivity index (χ3n) is 1.77. The number of allylic oxidation sites excluding steroid dienone is 1. The van der Waals surface area contributed by atoms with Gasteiger partial charge < -0.3 is 14.8 Å². The van der Waals surface area contributed by atoms with Crippen molar-refractivity contribution in [3.63, 3.8) is 0 Å². The number of ether oxygens (including phenoxy) is 1. The second-order valence-electron chi connectivity index (χ2n) is 2.56. The Kier molecular flexibility index (Phi) is 1.71. The van der Waals surface area contributed by atoms with Crippen molar-refractivity contribution in [3.05, 3.63) is 11.8 Å². The molecule has 6 heteroatoms. The molecule has 0 aromatic rings. The van der Waals surface area contributed by atoms with E-state index in [1.54, 1.807) is 0 Å². The van der Waals surface area contributed by atoms with Crippen molar-refractivity contribution in [2.24, 2.45) is 10.2 Å². The Morgan fingerprint density at radius 1 is 1.42 bits per heavy atom. The summed E-state index contributed by atoms with van der Waals surface area (Å²) >= 11 is 0. The monoisotopic (exact) mass is 166 g/mol. The van der Waals surface area contributed by atoms with E-state index in [0.717, 1.165) is 5.71 Å². The van der Waals surface area contributed by atoms with Gasteiger partial charge >= 0.3 is 7.12 Å². The molecule has 0 saturated heterocycles. The maximum Gasteiger partial charge on any atom is 0.510 e. The Morgan fingerprint density at radius 2 is 2.25 bits per heavy atom. The molecule has 0 unspecified atom stereocenters. The molecule has 62 valence electrons. The average Bonchev–Trinajstić information content (AvgIpc) is 2.47. The Labute approximate surface area is 69.2 Å². The topological polar surface area (TPSA) is 74.4 Å². The molecule has 0 spiro atoms. The van der Waals surface area contributed by atoms with Gasteiger partial charge in [0, 0.05) is 6.42 Å². The van der Waals surface area contributed by atoms with Crippen LogP contribution in [0.2, 0.25) is 0 Å². The summed E-state index contributed by atoms with van der Waals surface area (Å²) < 4.78 is 5.02. The minimum absolute atomic E-state index is 0.171. The van der Waals surface area contributed by atoms with E-state index >= 15 is 0 Å². The lowest BCUT2D eigenvalue weighted by Crippen LogP contribution is -2.29. The molecule has 0 aliphatic carbocycles. The van der Waals surface area contributed by atoms with Crippen LogP contribution in [0.5, 0.6) is 0 Å². The summed E-state index contributed by atoms with van der Waals surface area (Å²) in [7, 11) is -1.57. The van der Waals surface area contributed by atoms with Gasteiger partial charge in [0.05, 0.1) is 24.2 Å². The smallest absolute Gasteiger partial charge is 0.500 e. The number of hydrogen-bond acceptors (Lipinski definition) is 5. The molecule has 2 N–H and O–H groups in total. The predicted molar refractivity (Wildman–Crippen MR) is 43.7 cm³/mol. The molecular weight excluding hydrogens is 159 g/mol. The Bertz CT molecular complexity index is 295. The largest absolute Gasteiger partial charge is 0.510 e. The van der Waals surface area contributed by atoms with Crippen LogP contribution in [0.3, 0.4) is 0 Å². The van der Waals surface area contributed by atoms with Crippen molar-refractivity contribution < 1.29 is 14.8 Å². The number of rotatable bonds is 1. The normalized spacial score (nSPS) is 20.3. The molecule has 0 aromatic carbocycles. The first kappa shape index (κ1) is 7.51. The quantitative estimate of drug-likeness (QED) is 0.496. The van der Waals surface area contributed by atoms with Gasteiger partial charge in [0.15, 0.2) is 0 Å². The summed E-state index contributed by atoms with van der Waals surface area (Å²) in [5.41, 5.74) is 1.55. The van der Waals surface area contributed by atoms with Gasteiger partial charge in [-0.2, -0.15) is 10.2 Å². The molecule has 0 radical (unpaired) electrons. The predicted octanol–water partition coefficient (Wildman–Crippen LogP) is -0.887. The van der Waals surface area contributed by atoms with E-state index in [4.69, 9.17) is 14.8 Å². The Morgan fingerprint density at radius 3 is 3.00 bits per heavy atom. The maximum atomic E-state index is 8.85. The Hall–Kier alpha value is -1.14. The first-order chi connectivity index (χ1) is 5.79. The van der Waals surface area contributed by atoms with E-state index in [0.29, 0.717) is 18.6 Å². The first-order valence-electron chi connectivity index (χ1n) is 3.62. The molecule has 2 aliphatic rings. The van der Waals surface area contributed by atoms with Gasteiger partial charge in [-0.05, 0) is 0 Å². The molecular formula is C6H7BN2O3. The number of hydrogen-bond donors (Lipinski definition) is 2. The van der Waals surface area contributed by atoms with Crippen LogP contribution in [-0.2, 0) is 4.74 Å². The summed E-state index contributed by atoms with van der Waals surface area (Å²) in [5, 5.41) is 25.1. The summed E-state index contributed by atoms with van der Waals surface area (Å²) in [5.74, 6) is 0. The Balaban J connectivity index is 2.29. The summed E-state index contributed by atoms with van der Waals surface area (Å²) in [6.45, 7) is 0.576. The van der Waals surface area contributed by atoms with Crippen molar-refractivity contribution >= 4 is 18.4 Å². The first-order valence-corrected chi connectivity index (χ1v) is 3.62. The van der Waals surface area contributed by atoms with Crippen molar-refractivity contribution in [2.75, 3.05) is 6.61 Å². The van der Waals surface area contributed by atoms with E-state index in [1.807, 2.05) is 0 Å². The van der Waals surface area contributed by atoms with Crippen LogP contribution in [-0.4, -0.2) is 35.1 Å². The zero-order chi connectivity index (χ0) is 8.55. The van der Waals surface area contributed by atoms with Crippen molar-refractivity contribution in [1.29, 1.82) is 0 Å². The van der Waals surface area contributed by atoms with Gasteiger partial charge in [0.1, 0.15) is 5.61 Å². The van der Waals surface area contributed by atoms with Gasteiger partial charge in [0.25, 0.3) is 0 Å². The standard InChI is InChI=1S/C6H7BN2O3/c10-7(11)6-4-3-12-2-1-5(4)8-9-6/h3,10-11H,1-2H2. The molecule has 5 nitrogen and oxygen atoms in total. The fourth-order valence-corrected chi connectivity index (χ4v) is 1.17. The lowest BCUT2D eigenvalue weighted by molar-refractivity contribution is 0.253. The summed E-state index contributed by atoms with van der Waals surface area (Å²) in [4.78, 5) is 0. The van der Waals surface area contributed by atoms with Crippen LogP contribution in [0.1, 0.15) is 6.42 Å². The molecule has 2 heterocycles. The van der Waals surface area contributed by atoms with Crippen LogP contribution in [0.4, 0.5) is 0 Å². The van der Waals surface area contributed by atoms with Crippen LogP contribution in [0.25, 0.3) is 0 Å². The maximum absolute atomic E-state index is 8.85. The minimum Gasteiger partial charge on any atom is -0.500 e. The van der Waals surface area contributed by atoms with E-state index in [1.165, 1.54) is 6.26 Å². The van der Waals surface area contributed by atoms with Crippen molar-refractivity contribution in [3.8, 4) is 0 Å². The zero-order valence-electron chi connectivity index (χ0n) is 6.27. The van der Waals surface area contributed by atoms with Gasteiger partial charge in [-0.15, -0.1) is 0 Å². The number of fused-ring (bicyclic) bond motifs is 1. The van der Waals surface area contributed by atoms with E-state index in [2.05, 4.69) is 10.2 Å². The molecule has 0 fully saturated rings. The third-order valence-corrected chi connectivity index (χ3v) is 1.77. The summed E-state index contributed by atoms with van der Waals surface area (Å²) in [6, 6.07) is 0. The molecule has 2 rings (SSSR count). The number of nitrogens with zero attached hydrogens (tertiary/aromatic N) is 2. The van der Waals surface area contributed by atoms with Crippen molar-refractivity contribution in [1.82, 2.24) is 0 Å². The molecule has 0 amide bonds. The van der Waals surface area contributed by atoms with E-state index in [9.17, 15) is 0 Å². The fraction of sp³-hybridized carbons (Fsp3) is 0.333. The molecule has 0 saturated carbocycles. The average molecular weight is 166 g/mol. The molecule has 0 aromatic heterocycles. The lowest BCUT2D eigenvalue weighted by atomic mass is 9.77. The zero-order valence-corrected chi connectivity index (χ0v) is 6.27. The van der Waals surface area contributed by atoms with E-state index in [-0.39, 0.29) is 5.61 Å². The van der Waals surface area contributed by atoms with E-state index < -0.39 is 7.12 Å². The second-order valence-corrected chi connectivity index (χ2v) is 2.56. The highest BCUT2D eigenvalue weighted by Crippen LogP contribution is 2.17. The highest BCUT2D eigenvalue weighted by atomic mass is 16.5. The summed E-state index contributed by atoms with van der Waals surface area (Å²) in [6.07, 6.45) is 2.14. The SMILES string of the molecule is OB(O)C1=NN=C2CCOC=C21. The van der Waals surface area contributed by atoms with Crippen molar-refractivity contribution in [2.45, 2.75) is 6.42 Å². The highest BCUT2D eigenvalue weighted by molar-refractivity contribution is 6.85. The van der Waals surface area contributed by atoms with Gasteiger partial charge in [0.2, 0.25) is 0 Å². The van der Waals surface area contributed by atoms with Crippen LogP contribution in [0, 0.1) is 0 Å². The minimum atomic E-state index is -1.57. The lowest BCUT2D eigenvalue weighted by Gasteiger charge is -2.11. The van der Waals surface area contributed by atoms with Gasteiger partial charge in [-0.1, -0.05) is 0 Å². The fourth-order valence-electron chi connectivity index (χ4n) is 1.17. The molecule has 2 aliphatic heterocycles. The van der Waals surface area contributed by atoms with Crippen LogP contribution < -0.4 is 0 Å². The molecule has 12 heavy (non-hydrogen) atoms. The third kappa shape index (κ3) is 1.05. The highest BCUT2D eigenvalue weighted by Gasteiger charge is 2.30. The van der Waals surface area contributed by atoms with Gasteiger partial charge in [-0.3, -0.25) is 0 Å². The van der Waals surface area contributed by atoms with Gasteiger partial charge in [-0.25, -0.2) is 0 Å². The second kappa shape index (κ2) is 2.73. The molecule has 0 atom stereocenters.